The van der Waals surface area contributed by atoms with Crippen LogP contribution in [-0.4, -0.2) is 44.2 Å². The van der Waals surface area contributed by atoms with Gasteiger partial charge in [0.15, 0.2) is 5.13 Å². The van der Waals surface area contributed by atoms with Gasteiger partial charge in [0.25, 0.3) is 0 Å². The first-order valence-corrected chi connectivity index (χ1v) is 9.63. The van der Waals surface area contributed by atoms with Gasteiger partial charge in [-0.05, 0) is 18.2 Å². The van der Waals surface area contributed by atoms with Gasteiger partial charge in [-0.1, -0.05) is 0 Å². The Kier molecular flexibility index (Phi) is 6.18. The third-order valence-corrected chi connectivity index (χ3v) is 5.42. The summed E-state index contributed by atoms with van der Waals surface area (Å²) in [5.41, 5.74) is 1.94. The van der Waals surface area contributed by atoms with Gasteiger partial charge in [-0.2, -0.15) is 0 Å². The number of thiazole rings is 1. The van der Waals surface area contributed by atoms with Gasteiger partial charge in [0.1, 0.15) is 56.5 Å². The van der Waals surface area contributed by atoms with Gasteiger partial charge in [-0.3, -0.25) is 4.79 Å². The predicted octanol–water partition coefficient (Wildman–Crippen LogP) is -0.267. The van der Waals surface area contributed by atoms with Crippen molar-refractivity contribution < 1.29 is 23.7 Å². The number of piperazine rings is 1. The number of nitrogens with zero attached hydrogens (tertiary/aromatic N) is 1. The molecule has 26 heavy (non-hydrogen) atoms. The zero-order valence-electron chi connectivity index (χ0n) is 15.1. The zero-order chi connectivity index (χ0) is 18.5. The Labute approximate surface area is 156 Å². The third-order valence-electron chi connectivity index (χ3n) is 4.61. The largest absolute Gasteiger partial charge is 0.496 e. The fraction of sp³-hybridized carbons (Fsp3) is 0.444. The van der Waals surface area contributed by atoms with Crippen molar-refractivity contribution >= 4 is 22.4 Å². The molecule has 1 saturated heterocycles. The lowest BCUT2D eigenvalue weighted by Gasteiger charge is -2.29. The van der Waals surface area contributed by atoms with Crippen molar-refractivity contribution in [2.75, 3.05) is 38.6 Å². The number of anilines is 1. The number of amides is 1. The molecule has 0 aliphatic carbocycles. The molecule has 1 fully saturated rings. The number of carbonyl (C=O) groups is 1. The maximum absolute atomic E-state index is 13.5. The number of aromatic nitrogens is 1. The summed E-state index contributed by atoms with van der Waals surface area (Å²) >= 11 is 1.46. The van der Waals surface area contributed by atoms with E-state index in [9.17, 15) is 9.18 Å². The minimum Gasteiger partial charge on any atom is -0.496 e. The Hall–Kier alpha value is -2.03. The van der Waals surface area contributed by atoms with Crippen LogP contribution < -0.4 is 19.9 Å². The molecule has 8 heteroatoms. The first kappa shape index (κ1) is 18.8. The van der Waals surface area contributed by atoms with E-state index in [1.165, 1.54) is 34.1 Å². The highest BCUT2D eigenvalue weighted by Gasteiger charge is 2.25. The number of halogens is 1. The number of rotatable bonds is 6. The number of carbonyl (C=O) groups excluding carboxylic acids is 1. The Balaban J connectivity index is 1.51. The molecule has 0 spiro atoms. The molecule has 3 N–H and O–H groups in total. The highest BCUT2D eigenvalue weighted by Crippen LogP contribution is 2.18. The summed E-state index contributed by atoms with van der Waals surface area (Å²) in [4.78, 5) is 18.5. The number of quaternary nitrogens is 2. The molecule has 6 nitrogen and oxygen atoms in total. The molecule has 1 aromatic carbocycles. The van der Waals surface area contributed by atoms with Crippen molar-refractivity contribution in [1.29, 1.82) is 0 Å². The molecule has 0 unspecified atom stereocenters. The van der Waals surface area contributed by atoms with Gasteiger partial charge in [0.05, 0.1) is 12.7 Å². The van der Waals surface area contributed by atoms with E-state index in [1.54, 1.807) is 19.2 Å². The molecule has 1 aromatic heterocycles. The van der Waals surface area contributed by atoms with Crippen molar-refractivity contribution in [3.8, 4) is 5.75 Å². The van der Waals surface area contributed by atoms with Crippen LogP contribution in [0.1, 0.15) is 18.2 Å². The number of nitrogens with one attached hydrogen (secondary N) is 3. The molecular formula is C18H25FN4O2S+2. The van der Waals surface area contributed by atoms with E-state index in [0.717, 1.165) is 56.3 Å². The first-order chi connectivity index (χ1) is 12.5. The van der Waals surface area contributed by atoms with E-state index in [1.807, 2.05) is 5.38 Å². The van der Waals surface area contributed by atoms with Crippen LogP contribution >= 0.6 is 11.3 Å². The number of methoxy groups -OCH3 is 1. The SMILES string of the molecule is COc1ccc(F)cc1C[NH+]1CC[NH+](Cc2csc(NC(C)=O)n2)CC1. The van der Waals surface area contributed by atoms with Crippen LogP contribution in [0.15, 0.2) is 23.6 Å². The lowest BCUT2D eigenvalue weighted by atomic mass is 10.1. The van der Waals surface area contributed by atoms with Crippen LogP contribution in [0.5, 0.6) is 5.75 Å². The van der Waals surface area contributed by atoms with Gasteiger partial charge in [-0.25, -0.2) is 9.37 Å². The van der Waals surface area contributed by atoms with Gasteiger partial charge < -0.3 is 19.9 Å². The topological polar surface area (TPSA) is 60.1 Å². The lowest BCUT2D eigenvalue weighted by molar-refractivity contribution is -1.02. The van der Waals surface area contributed by atoms with Gasteiger partial charge in [-0.15, -0.1) is 11.3 Å². The van der Waals surface area contributed by atoms with Gasteiger partial charge >= 0.3 is 0 Å². The summed E-state index contributed by atoms with van der Waals surface area (Å²) in [6.07, 6.45) is 0. The molecule has 1 amide bonds. The van der Waals surface area contributed by atoms with E-state index in [2.05, 4.69) is 10.3 Å². The standard InChI is InChI=1S/C18H23FN4O2S/c1-13(24)20-18-21-16(12-26-18)11-23-7-5-22(6-8-23)10-14-9-15(19)3-4-17(14)25-2/h3-4,9,12H,5-8,10-11H2,1-2H3,(H,20,21,24)/p+2. The fourth-order valence-electron chi connectivity index (χ4n) is 3.32. The maximum atomic E-state index is 13.5. The first-order valence-electron chi connectivity index (χ1n) is 8.75. The van der Waals surface area contributed by atoms with Crippen molar-refractivity contribution in [3.05, 3.63) is 40.7 Å². The van der Waals surface area contributed by atoms with Crippen molar-refractivity contribution in [2.45, 2.75) is 20.0 Å². The molecular weight excluding hydrogens is 355 g/mol. The molecule has 0 saturated carbocycles. The molecule has 1 aliphatic rings. The number of hydrogen-bond acceptors (Lipinski definition) is 4. The molecule has 0 bridgehead atoms. The van der Waals surface area contributed by atoms with E-state index < -0.39 is 0 Å². The van der Waals surface area contributed by atoms with Gasteiger partial charge in [0.2, 0.25) is 5.91 Å². The molecule has 2 aromatic rings. The summed E-state index contributed by atoms with van der Waals surface area (Å²) < 4.78 is 18.9. The van der Waals surface area contributed by atoms with Crippen molar-refractivity contribution in [2.24, 2.45) is 0 Å². The van der Waals surface area contributed by atoms with E-state index in [-0.39, 0.29) is 11.7 Å². The second kappa shape index (κ2) is 8.57. The average Bonchev–Trinajstić information content (AvgIpc) is 3.03. The third kappa shape index (κ3) is 5.00. The highest BCUT2D eigenvalue weighted by molar-refractivity contribution is 7.13. The normalized spacial score (nSPS) is 20.0. The van der Waals surface area contributed by atoms with E-state index >= 15 is 0 Å². The van der Waals surface area contributed by atoms with Gasteiger partial charge in [0, 0.05) is 12.3 Å². The zero-order valence-corrected chi connectivity index (χ0v) is 15.9. The highest BCUT2D eigenvalue weighted by atomic mass is 32.1. The molecule has 0 atom stereocenters. The summed E-state index contributed by atoms with van der Waals surface area (Å²) in [6, 6.07) is 4.70. The van der Waals surface area contributed by atoms with Crippen molar-refractivity contribution in [3.63, 3.8) is 0 Å². The predicted molar refractivity (Wildman–Crippen MR) is 98.2 cm³/mol. The molecule has 0 radical (unpaired) electrons. The van der Waals surface area contributed by atoms with Crippen LogP contribution in [0.3, 0.4) is 0 Å². The van der Waals surface area contributed by atoms with E-state index in [4.69, 9.17) is 4.74 Å². The van der Waals surface area contributed by atoms with Crippen LogP contribution in [-0.2, 0) is 17.9 Å². The molecule has 140 valence electrons. The number of hydrogen-bond donors (Lipinski definition) is 3. The molecule has 3 rings (SSSR count). The minimum atomic E-state index is -0.219. The second-order valence-electron chi connectivity index (χ2n) is 6.63. The minimum absolute atomic E-state index is 0.0942. The number of benzene rings is 1. The quantitative estimate of drug-likeness (QED) is 0.647. The summed E-state index contributed by atoms with van der Waals surface area (Å²) in [6.45, 7) is 7.27. The maximum Gasteiger partial charge on any atom is 0.223 e. The number of ether oxygens (including phenoxy) is 1. The fourth-order valence-corrected chi connectivity index (χ4v) is 4.07. The Morgan fingerprint density at radius 1 is 1.27 bits per heavy atom. The van der Waals surface area contributed by atoms with Crippen LogP contribution in [0.25, 0.3) is 0 Å². The Bertz CT molecular complexity index is 759. The smallest absolute Gasteiger partial charge is 0.223 e. The van der Waals surface area contributed by atoms with Crippen molar-refractivity contribution in [1.82, 2.24) is 4.98 Å². The van der Waals surface area contributed by atoms with E-state index in [0.29, 0.717) is 5.13 Å². The lowest BCUT2D eigenvalue weighted by Crippen LogP contribution is -3.27. The molecule has 1 aliphatic heterocycles. The summed E-state index contributed by atoms with van der Waals surface area (Å²) in [7, 11) is 1.62. The monoisotopic (exact) mass is 380 g/mol. The van der Waals surface area contributed by atoms with Crippen LogP contribution in [0.2, 0.25) is 0 Å². The van der Waals surface area contributed by atoms with Crippen LogP contribution in [0.4, 0.5) is 9.52 Å². The second-order valence-corrected chi connectivity index (χ2v) is 7.49. The Morgan fingerprint density at radius 3 is 2.62 bits per heavy atom. The molecule has 2 heterocycles. The summed E-state index contributed by atoms with van der Waals surface area (Å²) in [5.74, 6) is 0.438. The average molecular weight is 380 g/mol. The summed E-state index contributed by atoms with van der Waals surface area (Å²) in [5, 5.41) is 5.40. The Morgan fingerprint density at radius 2 is 1.96 bits per heavy atom. The van der Waals surface area contributed by atoms with Crippen LogP contribution in [0, 0.1) is 5.82 Å².